The van der Waals surface area contributed by atoms with Crippen LogP contribution in [0.4, 0.5) is 4.79 Å². The molecule has 5 nitrogen and oxygen atoms in total. The molecule has 0 saturated carbocycles. The smallest absolute Gasteiger partial charge is 0.409 e. The van der Waals surface area contributed by atoms with E-state index >= 15 is 0 Å². The van der Waals surface area contributed by atoms with Gasteiger partial charge in [0.2, 0.25) is 0 Å². The molecule has 1 aliphatic rings. The van der Waals surface area contributed by atoms with Crippen molar-refractivity contribution in [3.63, 3.8) is 0 Å². The number of carbonyl (C=O) groups excluding carboxylic acids is 1. The third kappa shape index (κ3) is 3.47. The van der Waals surface area contributed by atoms with E-state index in [4.69, 9.17) is 9.84 Å². The lowest BCUT2D eigenvalue weighted by Gasteiger charge is -2.38. The summed E-state index contributed by atoms with van der Waals surface area (Å²) in [5.41, 5.74) is -0.380. The predicted molar refractivity (Wildman–Crippen MR) is 62.7 cm³/mol. The van der Waals surface area contributed by atoms with Crippen molar-refractivity contribution in [3.05, 3.63) is 12.7 Å². The average Bonchev–Trinajstić information content (AvgIpc) is 2.29. The Kier molecular flexibility index (Phi) is 4.54. The molecule has 0 radical (unpaired) electrons. The van der Waals surface area contributed by atoms with Crippen LogP contribution in [0, 0.1) is 5.41 Å². The zero-order valence-electron chi connectivity index (χ0n) is 10.1. The van der Waals surface area contributed by atoms with Gasteiger partial charge in [0.1, 0.15) is 0 Å². The van der Waals surface area contributed by atoms with Gasteiger partial charge in [-0.05, 0) is 19.8 Å². The van der Waals surface area contributed by atoms with E-state index in [2.05, 4.69) is 6.58 Å². The summed E-state index contributed by atoms with van der Waals surface area (Å²) in [6.07, 6.45) is 2.72. The van der Waals surface area contributed by atoms with E-state index in [1.807, 2.05) is 0 Å². The molecule has 1 saturated heterocycles. The van der Waals surface area contributed by atoms with Crippen molar-refractivity contribution in [2.24, 2.45) is 5.41 Å². The predicted octanol–water partition coefficient (Wildman–Crippen LogP) is 1.89. The van der Waals surface area contributed by atoms with Crippen molar-refractivity contribution in [3.8, 4) is 0 Å². The van der Waals surface area contributed by atoms with Crippen LogP contribution in [0.1, 0.15) is 26.2 Å². The monoisotopic (exact) mass is 241 g/mol. The highest BCUT2D eigenvalue weighted by Gasteiger charge is 2.35. The highest BCUT2D eigenvalue weighted by Crippen LogP contribution is 2.36. The Morgan fingerprint density at radius 1 is 1.47 bits per heavy atom. The lowest BCUT2D eigenvalue weighted by molar-refractivity contribution is -0.139. The first-order chi connectivity index (χ1) is 8.03. The Bertz CT molecular complexity index is 306. The van der Waals surface area contributed by atoms with E-state index in [0.29, 0.717) is 32.5 Å². The average molecular weight is 241 g/mol. The summed E-state index contributed by atoms with van der Waals surface area (Å²) < 4.78 is 4.91. The lowest BCUT2D eigenvalue weighted by atomic mass is 9.76. The molecule has 0 spiro atoms. The molecule has 1 N–H and O–H groups in total. The third-order valence-corrected chi connectivity index (χ3v) is 3.22. The van der Waals surface area contributed by atoms with Crippen molar-refractivity contribution in [1.82, 2.24) is 4.90 Å². The van der Waals surface area contributed by atoms with Crippen molar-refractivity contribution in [2.75, 3.05) is 19.7 Å². The second kappa shape index (κ2) is 5.70. The molecular weight excluding hydrogens is 222 g/mol. The number of rotatable bonds is 4. The van der Waals surface area contributed by atoms with Crippen LogP contribution in [-0.4, -0.2) is 41.8 Å². The van der Waals surface area contributed by atoms with Gasteiger partial charge in [0.15, 0.2) is 0 Å². The van der Waals surface area contributed by atoms with Crippen LogP contribution in [0.5, 0.6) is 0 Å². The molecule has 0 unspecified atom stereocenters. The molecule has 0 atom stereocenters. The minimum Gasteiger partial charge on any atom is -0.481 e. The molecule has 1 fully saturated rings. The zero-order chi connectivity index (χ0) is 12.9. The van der Waals surface area contributed by atoms with Gasteiger partial charge in [0, 0.05) is 18.5 Å². The lowest BCUT2D eigenvalue weighted by Crippen LogP contribution is -2.43. The number of ether oxygens (including phenoxy) is 1. The van der Waals surface area contributed by atoms with E-state index in [-0.39, 0.29) is 17.9 Å². The summed E-state index contributed by atoms with van der Waals surface area (Å²) in [7, 11) is 0. The van der Waals surface area contributed by atoms with Crippen molar-refractivity contribution >= 4 is 12.1 Å². The van der Waals surface area contributed by atoms with Crippen LogP contribution in [-0.2, 0) is 9.53 Å². The van der Waals surface area contributed by atoms with E-state index in [1.165, 1.54) is 0 Å². The van der Waals surface area contributed by atoms with Crippen LogP contribution in [0.25, 0.3) is 0 Å². The van der Waals surface area contributed by atoms with Gasteiger partial charge in [-0.3, -0.25) is 4.79 Å². The van der Waals surface area contributed by atoms with Gasteiger partial charge in [-0.2, -0.15) is 0 Å². The fourth-order valence-corrected chi connectivity index (χ4v) is 2.10. The molecule has 1 aliphatic heterocycles. The third-order valence-electron chi connectivity index (χ3n) is 3.22. The molecule has 0 bridgehead atoms. The van der Waals surface area contributed by atoms with Gasteiger partial charge in [-0.15, -0.1) is 6.58 Å². The second-order valence-corrected chi connectivity index (χ2v) is 4.32. The Balaban J connectivity index is 2.55. The maximum Gasteiger partial charge on any atom is 0.409 e. The number of carbonyl (C=O) groups is 2. The molecule has 0 aromatic carbocycles. The van der Waals surface area contributed by atoms with E-state index in [9.17, 15) is 9.59 Å². The van der Waals surface area contributed by atoms with Gasteiger partial charge in [-0.1, -0.05) is 6.08 Å². The van der Waals surface area contributed by atoms with E-state index in [0.717, 1.165) is 0 Å². The Morgan fingerprint density at radius 2 is 2.06 bits per heavy atom. The SMILES string of the molecule is C=CC1(CC(=O)O)CCN(C(=O)OCC)CC1. The quantitative estimate of drug-likeness (QED) is 0.763. The maximum absolute atomic E-state index is 11.5. The van der Waals surface area contributed by atoms with Gasteiger partial charge in [0.25, 0.3) is 0 Å². The first kappa shape index (κ1) is 13.5. The maximum atomic E-state index is 11.5. The van der Waals surface area contributed by atoms with Crippen LogP contribution in [0.2, 0.25) is 0 Å². The Labute approximate surface area is 101 Å². The number of allylic oxidation sites excluding steroid dienone is 1. The molecule has 17 heavy (non-hydrogen) atoms. The molecule has 1 rings (SSSR count). The number of hydrogen-bond donors (Lipinski definition) is 1. The first-order valence-electron chi connectivity index (χ1n) is 5.80. The summed E-state index contributed by atoms with van der Waals surface area (Å²) in [6.45, 7) is 6.89. The number of amides is 1. The van der Waals surface area contributed by atoms with Crippen molar-refractivity contribution < 1.29 is 19.4 Å². The molecule has 0 aromatic rings. The normalized spacial score (nSPS) is 18.5. The number of likely N-dealkylation sites (tertiary alicyclic amines) is 1. The summed E-state index contributed by atoms with van der Waals surface area (Å²) in [5, 5.41) is 8.87. The molecule has 96 valence electrons. The van der Waals surface area contributed by atoms with Crippen molar-refractivity contribution in [1.29, 1.82) is 0 Å². The molecule has 1 heterocycles. The minimum atomic E-state index is -0.825. The zero-order valence-corrected chi connectivity index (χ0v) is 10.1. The number of carboxylic acid groups (broad SMARTS) is 1. The minimum absolute atomic E-state index is 0.0766. The Morgan fingerprint density at radius 3 is 2.47 bits per heavy atom. The number of carboxylic acids is 1. The molecule has 5 heteroatoms. The summed E-state index contributed by atoms with van der Waals surface area (Å²) in [6, 6.07) is 0. The number of aliphatic carboxylic acids is 1. The van der Waals surface area contributed by atoms with E-state index in [1.54, 1.807) is 17.9 Å². The highest BCUT2D eigenvalue weighted by atomic mass is 16.6. The molecule has 0 aromatic heterocycles. The topological polar surface area (TPSA) is 66.8 Å². The number of piperidine rings is 1. The fourth-order valence-electron chi connectivity index (χ4n) is 2.10. The fraction of sp³-hybridized carbons (Fsp3) is 0.667. The molecule has 0 aliphatic carbocycles. The summed E-state index contributed by atoms with van der Waals surface area (Å²) in [5.74, 6) is -0.825. The van der Waals surface area contributed by atoms with Gasteiger partial charge >= 0.3 is 12.1 Å². The highest BCUT2D eigenvalue weighted by molar-refractivity contribution is 5.69. The van der Waals surface area contributed by atoms with Gasteiger partial charge < -0.3 is 14.7 Å². The van der Waals surface area contributed by atoms with Crippen LogP contribution in [0.15, 0.2) is 12.7 Å². The number of nitrogens with zero attached hydrogens (tertiary/aromatic N) is 1. The van der Waals surface area contributed by atoms with Crippen LogP contribution < -0.4 is 0 Å². The summed E-state index contributed by atoms with van der Waals surface area (Å²) >= 11 is 0. The largest absolute Gasteiger partial charge is 0.481 e. The first-order valence-corrected chi connectivity index (χ1v) is 5.80. The molecular formula is C12H19NO4. The van der Waals surface area contributed by atoms with Gasteiger partial charge in [-0.25, -0.2) is 4.79 Å². The van der Waals surface area contributed by atoms with Crippen molar-refractivity contribution in [2.45, 2.75) is 26.2 Å². The number of hydrogen-bond acceptors (Lipinski definition) is 3. The second-order valence-electron chi connectivity index (χ2n) is 4.32. The van der Waals surface area contributed by atoms with Crippen LogP contribution in [0.3, 0.4) is 0 Å². The summed E-state index contributed by atoms with van der Waals surface area (Å²) in [4.78, 5) is 23.9. The van der Waals surface area contributed by atoms with E-state index < -0.39 is 5.97 Å². The van der Waals surface area contributed by atoms with Crippen LogP contribution >= 0.6 is 0 Å². The van der Waals surface area contributed by atoms with Gasteiger partial charge in [0.05, 0.1) is 13.0 Å². The molecule has 1 amide bonds. The Hall–Kier alpha value is -1.52. The standard InChI is InChI=1S/C12H19NO4/c1-3-12(9-10(14)15)5-7-13(8-6-12)11(16)17-4-2/h3H,1,4-9H2,2H3,(H,14,15).